The van der Waals surface area contributed by atoms with E-state index < -0.39 is 0 Å². The first kappa shape index (κ1) is 20.1. The van der Waals surface area contributed by atoms with E-state index in [0.29, 0.717) is 13.2 Å². The zero-order chi connectivity index (χ0) is 20.8. The number of fused-ring (bicyclic) bond motifs is 1. The Labute approximate surface area is 176 Å². The van der Waals surface area contributed by atoms with E-state index in [1.54, 1.807) is 7.11 Å². The minimum absolute atomic E-state index is 0.249. The number of guanidine groups is 1. The lowest BCUT2D eigenvalue weighted by atomic mass is 10.1. The molecule has 9 nitrogen and oxygen atoms in total. The smallest absolute Gasteiger partial charge is 0.191 e. The van der Waals surface area contributed by atoms with Crippen LogP contribution in [0.25, 0.3) is 5.69 Å². The number of benzene rings is 1. The quantitative estimate of drug-likeness (QED) is 0.456. The van der Waals surface area contributed by atoms with Crippen molar-refractivity contribution in [1.82, 2.24) is 35.2 Å². The lowest BCUT2D eigenvalue weighted by molar-refractivity contribution is 0.177. The van der Waals surface area contributed by atoms with Crippen LogP contribution in [0.1, 0.15) is 30.6 Å². The normalized spacial score (nSPS) is 16.3. The third-order valence-corrected chi connectivity index (χ3v) is 4.94. The molecule has 1 aliphatic heterocycles. The molecule has 30 heavy (non-hydrogen) atoms. The summed E-state index contributed by atoms with van der Waals surface area (Å²) in [5.41, 5.74) is 2.10. The molecule has 3 aromatic rings. The zero-order valence-corrected chi connectivity index (χ0v) is 17.5. The highest BCUT2D eigenvalue weighted by Gasteiger charge is 2.22. The maximum Gasteiger partial charge on any atom is 0.191 e. The van der Waals surface area contributed by atoms with Gasteiger partial charge in [-0.2, -0.15) is 10.2 Å². The van der Waals surface area contributed by atoms with Crippen molar-refractivity contribution >= 4 is 5.96 Å². The van der Waals surface area contributed by atoms with Crippen LogP contribution in [-0.4, -0.2) is 50.2 Å². The monoisotopic (exact) mass is 408 g/mol. The molecule has 0 bridgehead atoms. The van der Waals surface area contributed by atoms with Gasteiger partial charge in [0, 0.05) is 37.9 Å². The average Bonchev–Trinajstić information content (AvgIpc) is 3.39. The molecule has 0 saturated heterocycles. The number of aryl methyl sites for hydroxylation is 1. The van der Waals surface area contributed by atoms with E-state index in [0.717, 1.165) is 54.8 Å². The number of nitrogens with zero attached hydrogens (tertiary/aromatic N) is 6. The van der Waals surface area contributed by atoms with Crippen molar-refractivity contribution in [2.24, 2.45) is 4.99 Å². The van der Waals surface area contributed by atoms with E-state index in [-0.39, 0.29) is 6.04 Å². The summed E-state index contributed by atoms with van der Waals surface area (Å²) in [4.78, 5) is 9.29. The SMILES string of the molecule is CCNC(=NCc1cnn(-c2ccccc2)c1)NC1CCc2nc(COC)nn2C1. The summed E-state index contributed by atoms with van der Waals surface area (Å²) >= 11 is 0. The molecule has 0 saturated carbocycles. The molecule has 1 unspecified atom stereocenters. The van der Waals surface area contributed by atoms with E-state index in [1.807, 2.05) is 52.1 Å². The summed E-state index contributed by atoms with van der Waals surface area (Å²) in [6.07, 6.45) is 5.75. The van der Waals surface area contributed by atoms with Crippen molar-refractivity contribution < 1.29 is 4.74 Å². The molecule has 2 N–H and O–H groups in total. The Bertz CT molecular complexity index is 978. The zero-order valence-electron chi connectivity index (χ0n) is 17.5. The van der Waals surface area contributed by atoms with Gasteiger partial charge in [0.2, 0.25) is 0 Å². The standard InChI is InChI=1S/C21H28N8O/c1-3-22-21(23-11-16-12-24-28(13-16)18-7-5-4-6-8-18)25-17-9-10-20-26-19(15-30-2)27-29(20)14-17/h4-8,12-13,17H,3,9-11,14-15H2,1-2H3,(H2,22,23,25). The van der Waals surface area contributed by atoms with Crippen molar-refractivity contribution in [3.63, 3.8) is 0 Å². The summed E-state index contributed by atoms with van der Waals surface area (Å²) in [6, 6.07) is 10.3. The first-order chi connectivity index (χ1) is 14.7. The van der Waals surface area contributed by atoms with Gasteiger partial charge in [-0.1, -0.05) is 18.2 Å². The predicted molar refractivity (Wildman–Crippen MR) is 114 cm³/mol. The number of rotatable bonds is 7. The Balaban J connectivity index is 1.39. The first-order valence-corrected chi connectivity index (χ1v) is 10.3. The van der Waals surface area contributed by atoms with Crippen LogP contribution in [0.3, 0.4) is 0 Å². The van der Waals surface area contributed by atoms with Gasteiger partial charge >= 0.3 is 0 Å². The molecule has 0 spiro atoms. The van der Waals surface area contributed by atoms with Gasteiger partial charge in [0.05, 0.1) is 25.0 Å². The van der Waals surface area contributed by atoms with Crippen molar-refractivity contribution in [3.05, 3.63) is 59.9 Å². The number of aliphatic imine (C=N–C) groups is 1. The molecule has 0 amide bonds. The topological polar surface area (TPSA) is 94.2 Å². The Morgan fingerprint density at radius 1 is 1.30 bits per heavy atom. The third-order valence-electron chi connectivity index (χ3n) is 4.94. The molecule has 0 aliphatic carbocycles. The summed E-state index contributed by atoms with van der Waals surface area (Å²) in [5.74, 6) is 2.56. The van der Waals surface area contributed by atoms with Crippen LogP contribution in [0.15, 0.2) is 47.7 Å². The molecule has 4 rings (SSSR count). The maximum absolute atomic E-state index is 5.14. The fourth-order valence-corrected chi connectivity index (χ4v) is 3.52. The highest BCUT2D eigenvalue weighted by molar-refractivity contribution is 5.80. The minimum atomic E-state index is 0.249. The Kier molecular flexibility index (Phi) is 6.38. The molecular weight excluding hydrogens is 380 g/mol. The second-order valence-corrected chi connectivity index (χ2v) is 7.26. The largest absolute Gasteiger partial charge is 0.377 e. The molecule has 1 atom stereocenters. The number of ether oxygens (including phenoxy) is 1. The van der Waals surface area contributed by atoms with Crippen molar-refractivity contribution in [2.75, 3.05) is 13.7 Å². The second kappa shape index (κ2) is 9.53. The third kappa shape index (κ3) is 4.85. The van der Waals surface area contributed by atoms with Crippen LogP contribution in [-0.2, 0) is 30.9 Å². The summed E-state index contributed by atoms with van der Waals surface area (Å²) in [5, 5.41) is 15.9. The van der Waals surface area contributed by atoms with Gasteiger partial charge in [0.1, 0.15) is 12.4 Å². The number of methoxy groups -OCH3 is 1. The van der Waals surface area contributed by atoms with Gasteiger partial charge in [0.15, 0.2) is 11.8 Å². The predicted octanol–water partition coefficient (Wildman–Crippen LogP) is 1.68. The van der Waals surface area contributed by atoms with E-state index in [4.69, 9.17) is 9.73 Å². The number of para-hydroxylation sites is 1. The molecule has 1 aliphatic rings. The Hall–Kier alpha value is -3.20. The van der Waals surface area contributed by atoms with Crippen LogP contribution in [0.2, 0.25) is 0 Å². The molecule has 9 heteroatoms. The van der Waals surface area contributed by atoms with Crippen molar-refractivity contribution in [3.8, 4) is 5.69 Å². The molecule has 0 radical (unpaired) electrons. The summed E-state index contributed by atoms with van der Waals surface area (Å²) in [7, 11) is 1.66. The van der Waals surface area contributed by atoms with E-state index in [2.05, 4.69) is 32.7 Å². The molecule has 158 valence electrons. The van der Waals surface area contributed by atoms with Crippen molar-refractivity contribution in [2.45, 2.75) is 45.5 Å². The van der Waals surface area contributed by atoms with Gasteiger partial charge in [-0.05, 0) is 25.5 Å². The summed E-state index contributed by atoms with van der Waals surface area (Å²) < 4.78 is 8.99. The molecule has 3 heterocycles. The van der Waals surface area contributed by atoms with E-state index >= 15 is 0 Å². The van der Waals surface area contributed by atoms with Crippen LogP contribution in [0.4, 0.5) is 0 Å². The van der Waals surface area contributed by atoms with Crippen LogP contribution in [0, 0.1) is 0 Å². The van der Waals surface area contributed by atoms with E-state index in [1.165, 1.54) is 0 Å². The lowest BCUT2D eigenvalue weighted by Crippen LogP contribution is -2.47. The average molecular weight is 409 g/mol. The van der Waals surface area contributed by atoms with Gasteiger partial charge in [0.25, 0.3) is 0 Å². The number of aromatic nitrogens is 5. The number of hydrogen-bond donors (Lipinski definition) is 2. The highest BCUT2D eigenvalue weighted by atomic mass is 16.5. The highest BCUT2D eigenvalue weighted by Crippen LogP contribution is 2.14. The van der Waals surface area contributed by atoms with E-state index in [9.17, 15) is 0 Å². The van der Waals surface area contributed by atoms with Crippen LogP contribution < -0.4 is 10.6 Å². The second-order valence-electron chi connectivity index (χ2n) is 7.26. The van der Waals surface area contributed by atoms with Gasteiger partial charge in [-0.15, -0.1) is 0 Å². The molecule has 0 fully saturated rings. The minimum Gasteiger partial charge on any atom is -0.377 e. The fourth-order valence-electron chi connectivity index (χ4n) is 3.52. The molecule has 1 aromatic carbocycles. The van der Waals surface area contributed by atoms with Crippen LogP contribution >= 0.6 is 0 Å². The number of hydrogen-bond acceptors (Lipinski definition) is 5. The first-order valence-electron chi connectivity index (χ1n) is 10.3. The Morgan fingerprint density at radius 3 is 2.97 bits per heavy atom. The lowest BCUT2D eigenvalue weighted by Gasteiger charge is -2.25. The Morgan fingerprint density at radius 2 is 2.17 bits per heavy atom. The van der Waals surface area contributed by atoms with Crippen molar-refractivity contribution in [1.29, 1.82) is 0 Å². The molecular formula is C21H28N8O. The summed E-state index contributed by atoms with van der Waals surface area (Å²) in [6.45, 7) is 4.63. The van der Waals surface area contributed by atoms with Gasteiger partial charge in [-0.3, -0.25) is 0 Å². The van der Waals surface area contributed by atoms with Gasteiger partial charge < -0.3 is 15.4 Å². The van der Waals surface area contributed by atoms with Gasteiger partial charge in [-0.25, -0.2) is 19.3 Å². The molecule has 2 aromatic heterocycles. The van der Waals surface area contributed by atoms with Crippen LogP contribution in [0.5, 0.6) is 0 Å². The fraction of sp³-hybridized carbons (Fsp3) is 0.429. The number of nitrogens with one attached hydrogen (secondary N) is 2. The maximum atomic E-state index is 5.14.